The third-order valence-electron chi connectivity index (χ3n) is 6.26. The quantitative estimate of drug-likeness (QED) is 0.746. The van der Waals surface area contributed by atoms with E-state index in [0.29, 0.717) is 24.3 Å². The van der Waals surface area contributed by atoms with E-state index in [0.717, 1.165) is 41.9 Å². The Kier molecular flexibility index (Phi) is 5.52. The van der Waals surface area contributed by atoms with Crippen molar-refractivity contribution in [2.24, 2.45) is 11.3 Å². The van der Waals surface area contributed by atoms with Gasteiger partial charge >= 0.3 is 0 Å². The zero-order valence-electron chi connectivity index (χ0n) is 17.6. The number of nitrogens with zero attached hydrogens (tertiary/aromatic N) is 1. The van der Waals surface area contributed by atoms with Crippen molar-refractivity contribution in [1.82, 2.24) is 4.90 Å². The Morgan fingerprint density at radius 1 is 1.24 bits per heavy atom. The maximum Gasteiger partial charge on any atom is 0.265 e. The Balaban J connectivity index is 1.43. The van der Waals surface area contributed by atoms with Crippen LogP contribution in [-0.4, -0.2) is 23.3 Å². The van der Waals surface area contributed by atoms with Gasteiger partial charge < -0.3 is 10.2 Å². The number of hydrogen-bond acceptors (Lipinski definition) is 3. The molecule has 4 nitrogen and oxygen atoms in total. The van der Waals surface area contributed by atoms with Gasteiger partial charge in [0, 0.05) is 30.1 Å². The molecule has 2 amide bonds. The molecule has 0 radical (unpaired) electrons. The van der Waals surface area contributed by atoms with Gasteiger partial charge in [0.05, 0.1) is 4.88 Å². The zero-order valence-corrected chi connectivity index (χ0v) is 18.4. The smallest absolute Gasteiger partial charge is 0.265 e. The van der Waals surface area contributed by atoms with E-state index < -0.39 is 0 Å². The number of amides is 2. The van der Waals surface area contributed by atoms with Gasteiger partial charge in [0.15, 0.2) is 0 Å². The lowest BCUT2D eigenvalue weighted by Gasteiger charge is -2.33. The first-order valence-corrected chi connectivity index (χ1v) is 11.4. The van der Waals surface area contributed by atoms with Crippen LogP contribution < -0.4 is 5.32 Å². The van der Waals surface area contributed by atoms with Gasteiger partial charge in [-0.3, -0.25) is 9.59 Å². The second kappa shape index (κ2) is 7.94. The van der Waals surface area contributed by atoms with Gasteiger partial charge in [0.2, 0.25) is 5.91 Å². The molecule has 1 fully saturated rings. The van der Waals surface area contributed by atoms with Gasteiger partial charge in [-0.1, -0.05) is 32.9 Å². The molecule has 1 atom stereocenters. The lowest BCUT2D eigenvalue weighted by Crippen LogP contribution is -2.26. The predicted octanol–water partition coefficient (Wildman–Crippen LogP) is 5.27. The highest BCUT2D eigenvalue weighted by molar-refractivity contribution is 7.14. The van der Waals surface area contributed by atoms with Gasteiger partial charge in [-0.05, 0) is 66.3 Å². The Morgan fingerprint density at radius 2 is 2.07 bits per heavy atom. The van der Waals surface area contributed by atoms with Crippen LogP contribution in [0.4, 0.5) is 5.69 Å². The second-order valence-corrected chi connectivity index (χ2v) is 10.6. The number of aryl methyl sites for hydroxylation is 1. The van der Waals surface area contributed by atoms with E-state index in [9.17, 15) is 9.59 Å². The molecular formula is C24H30N2O2S. The SMILES string of the molecule is CC(C)(C)[C@H]1CCc2sc(C(=O)Nc3cccc(CN4CCCC4=O)c3)cc2C1. The third-order valence-corrected chi connectivity index (χ3v) is 7.50. The average Bonchev–Trinajstić information content (AvgIpc) is 3.27. The molecule has 1 aromatic heterocycles. The number of fused-ring (bicyclic) bond motifs is 1. The van der Waals surface area contributed by atoms with Gasteiger partial charge in [-0.25, -0.2) is 0 Å². The number of thiophene rings is 1. The van der Waals surface area contributed by atoms with Crippen LogP contribution in [0.5, 0.6) is 0 Å². The van der Waals surface area contributed by atoms with Crippen molar-refractivity contribution in [1.29, 1.82) is 0 Å². The number of rotatable bonds is 4. The number of likely N-dealkylation sites (tertiary alicyclic amines) is 1. The molecular weight excluding hydrogens is 380 g/mol. The van der Waals surface area contributed by atoms with Crippen LogP contribution in [0.15, 0.2) is 30.3 Å². The fraction of sp³-hybridized carbons (Fsp3) is 0.500. The number of benzene rings is 1. The van der Waals surface area contributed by atoms with E-state index in [1.54, 1.807) is 11.3 Å². The van der Waals surface area contributed by atoms with Gasteiger partial charge in [-0.2, -0.15) is 0 Å². The largest absolute Gasteiger partial charge is 0.338 e. The average molecular weight is 411 g/mol. The number of anilines is 1. The van der Waals surface area contributed by atoms with Gasteiger partial charge in [-0.15, -0.1) is 11.3 Å². The molecule has 2 aliphatic rings. The predicted molar refractivity (Wildman–Crippen MR) is 118 cm³/mol. The first-order chi connectivity index (χ1) is 13.8. The summed E-state index contributed by atoms with van der Waals surface area (Å²) in [5.41, 5.74) is 3.50. The summed E-state index contributed by atoms with van der Waals surface area (Å²) in [7, 11) is 0. The molecule has 0 unspecified atom stereocenters. The molecule has 1 N–H and O–H groups in total. The Morgan fingerprint density at radius 3 is 2.79 bits per heavy atom. The zero-order chi connectivity index (χ0) is 20.6. The molecule has 2 aromatic rings. The van der Waals surface area contributed by atoms with E-state index in [1.807, 2.05) is 29.2 Å². The maximum absolute atomic E-state index is 12.9. The van der Waals surface area contributed by atoms with E-state index >= 15 is 0 Å². The highest BCUT2D eigenvalue weighted by Gasteiger charge is 2.30. The summed E-state index contributed by atoms with van der Waals surface area (Å²) >= 11 is 1.64. The highest BCUT2D eigenvalue weighted by atomic mass is 32.1. The fourth-order valence-corrected chi connectivity index (χ4v) is 5.51. The summed E-state index contributed by atoms with van der Waals surface area (Å²) in [4.78, 5) is 28.8. The number of carbonyl (C=O) groups excluding carboxylic acids is 2. The van der Waals surface area contributed by atoms with Crippen molar-refractivity contribution in [3.05, 3.63) is 51.2 Å². The fourth-order valence-electron chi connectivity index (χ4n) is 4.41. The minimum absolute atomic E-state index is 0.0360. The topological polar surface area (TPSA) is 49.4 Å². The summed E-state index contributed by atoms with van der Waals surface area (Å²) in [6.07, 6.45) is 4.94. The van der Waals surface area contributed by atoms with Crippen LogP contribution in [0.3, 0.4) is 0 Å². The standard InChI is InChI=1S/C24H30N2O2S/c1-24(2,3)18-9-10-20-17(13-18)14-21(29-20)23(28)25-19-7-4-6-16(12-19)15-26-11-5-8-22(26)27/h4,6-7,12,14,18H,5,8-11,13,15H2,1-3H3,(H,25,28)/t18-/m0/s1. The minimum atomic E-state index is -0.0360. The first kappa shape index (κ1) is 20.1. The van der Waals surface area contributed by atoms with Crippen molar-refractivity contribution in [2.45, 2.75) is 59.4 Å². The first-order valence-electron chi connectivity index (χ1n) is 10.6. The second-order valence-electron chi connectivity index (χ2n) is 9.44. The van der Waals surface area contributed by atoms with Crippen molar-refractivity contribution < 1.29 is 9.59 Å². The van der Waals surface area contributed by atoms with E-state index in [1.165, 1.54) is 16.9 Å². The van der Waals surface area contributed by atoms with E-state index in [-0.39, 0.29) is 11.8 Å². The molecule has 1 aliphatic heterocycles. The van der Waals surface area contributed by atoms with E-state index in [4.69, 9.17) is 0 Å². The molecule has 4 rings (SSSR count). The molecule has 1 saturated heterocycles. The van der Waals surface area contributed by atoms with Gasteiger partial charge in [0.25, 0.3) is 5.91 Å². The number of carbonyl (C=O) groups is 2. The van der Waals surface area contributed by atoms with Crippen molar-refractivity contribution in [3.63, 3.8) is 0 Å². The molecule has 1 aliphatic carbocycles. The molecule has 0 bridgehead atoms. The number of nitrogens with one attached hydrogen (secondary N) is 1. The van der Waals surface area contributed by atoms with Crippen molar-refractivity contribution >= 4 is 28.8 Å². The monoisotopic (exact) mass is 410 g/mol. The van der Waals surface area contributed by atoms with Gasteiger partial charge in [0.1, 0.15) is 0 Å². The molecule has 0 spiro atoms. The third kappa shape index (κ3) is 4.55. The highest BCUT2D eigenvalue weighted by Crippen LogP contribution is 2.40. The minimum Gasteiger partial charge on any atom is -0.338 e. The maximum atomic E-state index is 12.9. The molecule has 0 saturated carbocycles. The van der Waals surface area contributed by atoms with Crippen molar-refractivity contribution in [2.75, 3.05) is 11.9 Å². The Hall–Kier alpha value is -2.14. The van der Waals surface area contributed by atoms with Crippen LogP contribution in [0.1, 0.15) is 65.7 Å². The van der Waals surface area contributed by atoms with Crippen LogP contribution in [-0.2, 0) is 24.2 Å². The summed E-state index contributed by atoms with van der Waals surface area (Å²) in [5, 5.41) is 3.05. The van der Waals surface area contributed by atoms with E-state index in [2.05, 4.69) is 32.2 Å². The normalized spacial score (nSPS) is 19.3. The molecule has 2 heterocycles. The lowest BCUT2D eigenvalue weighted by atomic mass is 9.72. The lowest BCUT2D eigenvalue weighted by molar-refractivity contribution is -0.128. The Bertz CT molecular complexity index is 925. The molecule has 5 heteroatoms. The van der Waals surface area contributed by atoms with Crippen molar-refractivity contribution in [3.8, 4) is 0 Å². The number of hydrogen-bond donors (Lipinski definition) is 1. The summed E-state index contributed by atoms with van der Waals surface area (Å²) in [5.74, 6) is 0.855. The van der Waals surface area contributed by atoms with Crippen LogP contribution in [0, 0.1) is 11.3 Å². The van der Waals surface area contributed by atoms with Crippen LogP contribution >= 0.6 is 11.3 Å². The van der Waals surface area contributed by atoms with Crippen LogP contribution in [0.25, 0.3) is 0 Å². The summed E-state index contributed by atoms with van der Waals surface area (Å²) in [6, 6.07) is 9.94. The van der Waals surface area contributed by atoms with Crippen LogP contribution in [0.2, 0.25) is 0 Å². The molecule has 29 heavy (non-hydrogen) atoms. The summed E-state index contributed by atoms with van der Waals surface area (Å²) in [6.45, 7) is 8.37. The Labute approximate surface area is 177 Å². The molecule has 1 aromatic carbocycles. The summed E-state index contributed by atoms with van der Waals surface area (Å²) < 4.78 is 0. The molecule has 154 valence electrons.